The maximum absolute atomic E-state index is 12.4. The van der Waals surface area contributed by atoms with Crippen LogP contribution in [0.15, 0.2) is 24.3 Å². The second-order valence-electron chi connectivity index (χ2n) is 6.69. The Labute approximate surface area is 152 Å². The van der Waals surface area contributed by atoms with Crippen LogP contribution in [0.4, 0.5) is 10.7 Å². The normalized spacial score (nSPS) is 15.4. The minimum atomic E-state index is -0.000483. The van der Waals surface area contributed by atoms with Crippen LogP contribution >= 0.6 is 11.3 Å². The van der Waals surface area contributed by atoms with Crippen molar-refractivity contribution in [3.63, 3.8) is 0 Å². The molecule has 0 saturated heterocycles. The Bertz CT molecular complexity index is 849. The van der Waals surface area contributed by atoms with Gasteiger partial charge in [-0.15, -0.1) is 11.3 Å². The van der Waals surface area contributed by atoms with E-state index in [9.17, 15) is 10.1 Å². The smallest absolute Gasteiger partial charge is 0.226 e. The summed E-state index contributed by atoms with van der Waals surface area (Å²) in [6, 6.07) is 10.7. The van der Waals surface area contributed by atoms with Crippen LogP contribution in [0.1, 0.15) is 40.8 Å². The second-order valence-corrected chi connectivity index (χ2v) is 7.80. The molecule has 2 aromatic rings. The van der Waals surface area contributed by atoms with Gasteiger partial charge in [0, 0.05) is 30.1 Å². The average Bonchev–Trinajstić information content (AvgIpc) is 3.20. The molecular weight excluding hydrogens is 330 g/mol. The number of thiophene rings is 1. The van der Waals surface area contributed by atoms with E-state index in [1.165, 1.54) is 16.1 Å². The summed E-state index contributed by atoms with van der Waals surface area (Å²) in [7, 11) is 0. The van der Waals surface area contributed by atoms with Crippen LogP contribution in [0.25, 0.3) is 0 Å². The molecule has 0 bridgehead atoms. The van der Waals surface area contributed by atoms with E-state index in [1.54, 1.807) is 11.3 Å². The molecule has 0 saturated carbocycles. The Morgan fingerprint density at radius 1 is 1.24 bits per heavy atom. The van der Waals surface area contributed by atoms with Crippen LogP contribution in [0.5, 0.6) is 0 Å². The van der Waals surface area contributed by atoms with E-state index in [-0.39, 0.29) is 5.91 Å². The number of carbonyl (C=O) groups excluding carboxylic acids is 1. The zero-order valence-corrected chi connectivity index (χ0v) is 15.0. The highest BCUT2D eigenvalue weighted by Crippen LogP contribution is 2.38. The van der Waals surface area contributed by atoms with Crippen molar-refractivity contribution in [1.82, 2.24) is 0 Å². The van der Waals surface area contributed by atoms with E-state index in [0.29, 0.717) is 12.0 Å². The lowest BCUT2D eigenvalue weighted by molar-refractivity contribution is -0.116. The lowest BCUT2D eigenvalue weighted by atomic mass is 10.0. The van der Waals surface area contributed by atoms with Crippen molar-refractivity contribution >= 4 is 27.9 Å². The van der Waals surface area contributed by atoms with E-state index in [1.807, 2.05) is 0 Å². The summed E-state index contributed by atoms with van der Waals surface area (Å²) in [6.45, 7) is 1.72. The lowest BCUT2D eigenvalue weighted by Crippen LogP contribution is -2.32. The predicted molar refractivity (Wildman–Crippen MR) is 101 cm³/mol. The zero-order chi connectivity index (χ0) is 17.2. The van der Waals surface area contributed by atoms with Crippen molar-refractivity contribution in [3.05, 3.63) is 45.8 Å². The monoisotopic (exact) mass is 351 g/mol. The quantitative estimate of drug-likeness (QED) is 0.909. The summed E-state index contributed by atoms with van der Waals surface area (Å²) < 4.78 is 0. The van der Waals surface area contributed by atoms with Gasteiger partial charge in [0.15, 0.2) is 0 Å². The first kappa shape index (κ1) is 16.2. The standard InChI is InChI=1S/C20H21N3OS/c21-13-16-15-7-3-9-18(15)25-20(16)22-19(24)10-12-23-11-4-6-14-5-1-2-8-17(14)23/h1-2,5,8H,3-4,6-7,9-12H2,(H,22,24). The Morgan fingerprint density at radius 2 is 2.12 bits per heavy atom. The van der Waals surface area contributed by atoms with Gasteiger partial charge in [0.25, 0.3) is 0 Å². The predicted octanol–water partition coefficient (Wildman–Crippen LogP) is 3.89. The van der Waals surface area contributed by atoms with Crippen molar-refractivity contribution in [2.75, 3.05) is 23.3 Å². The molecule has 1 aliphatic heterocycles. The second kappa shape index (κ2) is 6.89. The molecule has 4 nitrogen and oxygen atoms in total. The lowest BCUT2D eigenvalue weighted by Gasteiger charge is -2.31. The number of nitrogens with one attached hydrogen (secondary N) is 1. The molecule has 0 unspecified atom stereocenters. The van der Waals surface area contributed by atoms with Gasteiger partial charge in [-0.05, 0) is 49.3 Å². The van der Waals surface area contributed by atoms with Crippen molar-refractivity contribution < 1.29 is 4.79 Å². The molecular formula is C20H21N3OS. The third-order valence-corrected chi connectivity index (χ3v) is 6.31. The fourth-order valence-electron chi connectivity index (χ4n) is 3.88. The van der Waals surface area contributed by atoms with Gasteiger partial charge in [0.05, 0.1) is 5.56 Å². The first-order valence-electron chi connectivity index (χ1n) is 8.93. The summed E-state index contributed by atoms with van der Waals surface area (Å²) in [5.74, 6) is -0.000483. The highest BCUT2D eigenvalue weighted by molar-refractivity contribution is 7.16. The Balaban J connectivity index is 1.40. The fourth-order valence-corrected chi connectivity index (χ4v) is 5.14. The number of carbonyl (C=O) groups is 1. The summed E-state index contributed by atoms with van der Waals surface area (Å²) in [5.41, 5.74) is 4.48. The third-order valence-electron chi connectivity index (χ3n) is 5.10. The molecule has 0 radical (unpaired) electrons. The van der Waals surface area contributed by atoms with Crippen molar-refractivity contribution in [2.45, 2.75) is 38.5 Å². The van der Waals surface area contributed by atoms with Gasteiger partial charge < -0.3 is 10.2 Å². The van der Waals surface area contributed by atoms with Gasteiger partial charge in [-0.3, -0.25) is 4.79 Å². The molecule has 128 valence electrons. The van der Waals surface area contributed by atoms with Crippen molar-refractivity contribution in [1.29, 1.82) is 5.26 Å². The van der Waals surface area contributed by atoms with Gasteiger partial charge in [-0.2, -0.15) is 5.26 Å². The Morgan fingerprint density at radius 3 is 3.00 bits per heavy atom. The molecule has 4 rings (SSSR count). The Kier molecular flexibility index (Phi) is 4.46. The summed E-state index contributed by atoms with van der Waals surface area (Å²) in [6.07, 6.45) is 5.82. The number of aryl methyl sites for hydroxylation is 2. The number of para-hydroxylation sites is 1. The third kappa shape index (κ3) is 3.14. The van der Waals surface area contributed by atoms with Crippen LogP contribution in [0.2, 0.25) is 0 Å². The molecule has 0 fully saturated rings. The van der Waals surface area contributed by atoms with E-state index >= 15 is 0 Å². The number of anilines is 2. The maximum atomic E-state index is 12.4. The van der Waals surface area contributed by atoms with Crippen LogP contribution < -0.4 is 10.2 Å². The minimum absolute atomic E-state index is 0.000483. The van der Waals surface area contributed by atoms with Crippen LogP contribution in [-0.4, -0.2) is 19.0 Å². The SMILES string of the molecule is N#Cc1c(NC(=O)CCN2CCCc3ccccc32)sc2c1CCC2. The van der Waals surface area contributed by atoms with Gasteiger partial charge in [0.1, 0.15) is 11.1 Å². The summed E-state index contributed by atoms with van der Waals surface area (Å²) in [4.78, 5) is 16.0. The van der Waals surface area contributed by atoms with Gasteiger partial charge in [-0.1, -0.05) is 18.2 Å². The van der Waals surface area contributed by atoms with Crippen molar-refractivity contribution in [3.8, 4) is 6.07 Å². The molecule has 0 spiro atoms. The zero-order valence-electron chi connectivity index (χ0n) is 14.2. The van der Waals surface area contributed by atoms with Gasteiger partial charge in [-0.25, -0.2) is 0 Å². The molecule has 5 heteroatoms. The largest absolute Gasteiger partial charge is 0.371 e. The molecule has 2 heterocycles. The maximum Gasteiger partial charge on any atom is 0.226 e. The highest BCUT2D eigenvalue weighted by atomic mass is 32.1. The van der Waals surface area contributed by atoms with Crippen LogP contribution in [0.3, 0.4) is 0 Å². The number of nitrogens with zero attached hydrogens (tertiary/aromatic N) is 2. The first-order chi connectivity index (χ1) is 12.3. The number of amides is 1. The number of hydrogen-bond donors (Lipinski definition) is 1. The number of nitriles is 1. The molecule has 2 aliphatic rings. The Hall–Kier alpha value is -2.32. The molecule has 1 amide bonds. The fraction of sp³-hybridized carbons (Fsp3) is 0.400. The summed E-state index contributed by atoms with van der Waals surface area (Å²) in [5, 5.41) is 13.2. The van der Waals surface area contributed by atoms with E-state index < -0.39 is 0 Å². The van der Waals surface area contributed by atoms with Crippen molar-refractivity contribution in [2.24, 2.45) is 0 Å². The number of benzene rings is 1. The number of rotatable bonds is 4. The number of hydrogen-bond acceptors (Lipinski definition) is 4. The van der Waals surface area contributed by atoms with E-state index in [2.05, 4.69) is 40.6 Å². The van der Waals surface area contributed by atoms with E-state index in [4.69, 9.17) is 0 Å². The van der Waals surface area contributed by atoms with Crippen LogP contribution in [0, 0.1) is 11.3 Å². The first-order valence-corrected chi connectivity index (χ1v) is 9.75. The molecule has 1 aromatic heterocycles. The number of fused-ring (bicyclic) bond motifs is 2. The molecule has 1 aromatic carbocycles. The highest BCUT2D eigenvalue weighted by Gasteiger charge is 2.23. The summed E-state index contributed by atoms with van der Waals surface area (Å²) >= 11 is 1.58. The van der Waals surface area contributed by atoms with E-state index in [0.717, 1.165) is 55.8 Å². The topological polar surface area (TPSA) is 56.1 Å². The minimum Gasteiger partial charge on any atom is -0.371 e. The molecule has 0 atom stereocenters. The molecule has 25 heavy (non-hydrogen) atoms. The van der Waals surface area contributed by atoms with Gasteiger partial charge >= 0.3 is 0 Å². The molecule has 1 N–H and O–H groups in total. The van der Waals surface area contributed by atoms with Crippen LogP contribution in [-0.2, 0) is 24.1 Å². The molecule has 1 aliphatic carbocycles. The average molecular weight is 351 g/mol. The van der Waals surface area contributed by atoms with Gasteiger partial charge in [0.2, 0.25) is 5.91 Å².